The zero-order valence-corrected chi connectivity index (χ0v) is 21.0. The van der Waals surface area contributed by atoms with E-state index >= 15 is 0 Å². The van der Waals surface area contributed by atoms with Gasteiger partial charge in [0, 0.05) is 40.3 Å². The highest BCUT2D eigenvalue weighted by atomic mass is 79.9. The Morgan fingerprint density at radius 2 is 1.88 bits per heavy atom. The van der Waals surface area contributed by atoms with Crippen LogP contribution in [0.5, 0.6) is 0 Å². The Labute approximate surface area is 210 Å². The van der Waals surface area contributed by atoms with Crippen LogP contribution in [0.25, 0.3) is 16.9 Å². The van der Waals surface area contributed by atoms with Crippen molar-refractivity contribution in [3.05, 3.63) is 80.4 Å². The Hall–Kier alpha value is -2.61. The smallest absolute Gasteiger partial charge is 0.251 e. The van der Waals surface area contributed by atoms with E-state index in [1.807, 2.05) is 49.4 Å². The molecule has 0 aliphatic carbocycles. The Bertz CT molecular complexity index is 1290. The number of amides is 1. The number of hydrogen-bond donors (Lipinski definition) is 2. The molecule has 33 heavy (non-hydrogen) atoms. The fraction of sp³-hybridized carbons (Fsp3) is 0.208. The second-order valence-electron chi connectivity index (χ2n) is 7.64. The lowest BCUT2D eigenvalue weighted by Gasteiger charge is -2.12. The number of nitrogens with zero attached hydrogens (tertiary/aromatic N) is 3. The molecular weight excluding hydrogens is 525 g/mol. The van der Waals surface area contributed by atoms with Gasteiger partial charge >= 0.3 is 0 Å². The molecule has 0 atom stereocenters. The lowest BCUT2D eigenvalue weighted by atomic mass is 10.1. The molecule has 2 aromatic carbocycles. The summed E-state index contributed by atoms with van der Waals surface area (Å²) >= 11 is 16.0. The van der Waals surface area contributed by atoms with Crippen molar-refractivity contribution in [1.82, 2.24) is 19.9 Å². The summed E-state index contributed by atoms with van der Waals surface area (Å²) in [5.41, 5.74) is 3.87. The SMILES string of the molecule is Cc1cc(Cl)cc(C(=O)NCCCCNc2cc(-c3ccccc3Cl)nc3c(Br)cnn23)c1. The van der Waals surface area contributed by atoms with Crippen molar-refractivity contribution in [3.63, 3.8) is 0 Å². The van der Waals surface area contributed by atoms with Gasteiger partial charge in [-0.3, -0.25) is 4.79 Å². The van der Waals surface area contributed by atoms with E-state index in [1.165, 1.54) is 0 Å². The van der Waals surface area contributed by atoms with Crippen LogP contribution >= 0.6 is 39.1 Å². The summed E-state index contributed by atoms with van der Waals surface area (Å²) in [4.78, 5) is 17.0. The summed E-state index contributed by atoms with van der Waals surface area (Å²) in [5.74, 6) is 0.703. The van der Waals surface area contributed by atoms with Gasteiger partial charge < -0.3 is 10.6 Å². The van der Waals surface area contributed by atoms with Crippen LogP contribution in [0.4, 0.5) is 5.82 Å². The molecule has 4 rings (SSSR count). The Balaban J connectivity index is 1.36. The molecule has 0 unspecified atom stereocenters. The van der Waals surface area contributed by atoms with Gasteiger partial charge in [0.05, 0.1) is 16.4 Å². The van der Waals surface area contributed by atoms with Crippen LogP contribution in [0.1, 0.15) is 28.8 Å². The van der Waals surface area contributed by atoms with E-state index < -0.39 is 0 Å². The minimum atomic E-state index is -0.116. The predicted octanol–water partition coefficient (Wildman–Crippen LogP) is 6.40. The van der Waals surface area contributed by atoms with Crippen molar-refractivity contribution in [2.75, 3.05) is 18.4 Å². The molecule has 0 saturated heterocycles. The van der Waals surface area contributed by atoms with E-state index in [0.29, 0.717) is 34.3 Å². The number of rotatable bonds is 8. The van der Waals surface area contributed by atoms with E-state index in [-0.39, 0.29) is 5.91 Å². The summed E-state index contributed by atoms with van der Waals surface area (Å²) in [7, 11) is 0. The van der Waals surface area contributed by atoms with Gasteiger partial charge in [-0.25, -0.2) is 4.98 Å². The van der Waals surface area contributed by atoms with Crippen molar-refractivity contribution in [2.24, 2.45) is 0 Å². The van der Waals surface area contributed by atoms with Crippen molar-refractivity contribution >= 4 is 56.5 Å². The summed E-state index contributed by atoms with van der Waals surface area (Å²) in [6, 6.07) is 14.9. The zero-order valence-electron chi connectivity index (χ0n) is 17.9. The highest BCUT2D eigenvalue weighted by molar-refractivity contribution is 9.10. The predicted molar refractivity (Wildman–Crippen MR) is 137 cm³/mol. The topological polar surface area (TPSA) is 71.3 Å². The largest absolute Gasteiger partial charge is 0.370 e. The number of nitrogens with one attached hydrogen (secondary N) is 2. The molecule has 0 aliphatic heterocycles. The number of hydrogen-bond acceptors (Lipinski definition) is 4. The summed E-state index contributed by atoms with van der Waals surface area (Å²) in [6.07, 6.45) is 3.41. The van der Waals surface area contributed by atoms with Crippen LogP contribution in [0.3, 0.4) is 0 Å². The molecule has 2 heterocycles. The highest BCUT2D eigenvalue weighted by Gasteiger charge is 2.13. The Morgan fingerprint density at radius 1 is 1.09 bits per heavy atom. The molecule has 4 aromatic rings. The number of halogens is 3. The summed E-state index contributed by atoms with van der Waals surface area (Å²) < 4.78 is 2.56. The van der Waals surface area contributed by atoms with Gasteiger partial charge in [-0.2, -0.15) is 9.61 Å². The second-order valence-corrected chi connectivity index (χ2v) is 9.34. The number of unbranched alkanes of at least 4 members (excludes halogenated alkanes) is 1. The van der Waals surface area contributed by atoms with E-state index in [9.17, 15) is 4.79 Å². The number of anilines is 1. The molecule has 0 saturated carbocycles. The molecule has 0 spiro atoms. The zero-order chi connectivity index (χ0) is 23.4. The van der Waals surface area contributed by atoms with Gasteiger partial charge in [0.1, 0.15) is 5.82 Å². The number of aromatic nitrogens is 3. The molecule has 2 N–H and O–H groups in total. The number of fused-ring (bicyclic) bond motifs is 1. The third-order valence-electron chi connectivity index (χ3n) is 5.08. The van der Waals surface area contributed by atoms with Crippen molar-refractivity contribution in [1.29, 1.82) is 0 Å². The van der Waals surface area contributed by atoms with Gasteiger partial charge in [-0.1, -0.05) is 41.4 Å². The first-order valence-corrected chi connectivity index (χ1v) is 12.1. The van der Waals surface area contributed by atoms with Crippen molar-refractivity contribution in [3.8, 4) is 11.3 Å². The van der Waals surface area contributed by atoms with Gasteiger partial charge in [0.25, 0.3) is 5.91 Å². The van der Waals surface area contributed by atoms with Crippen LogP contribution < -0.4 is 10.6 Å². The van der Waals surface area contributed by atoms with Crippen LogP contribution in [-0.2, 0) is 0 Å². The molecular formula is C24H22BrCl2N5O. The van der Waals surface area contributed by atoms with Gasteiger partial charge in [-0.05, 0) is 65.5 Å². The summed E-state index contributed by atoms with van der Waals surface area (Å²) in [6.45, 7) is 3.21. The van der Waals surface area contributed by atoms with Gasteiger partial charge in [-0.15, -0.1) is 0 Å². The highest BCUT2D eigenvalue weighted by Crippen LogP contribution is 2.30. The maximum absolute atomic E-state index is 12.3. The molecule has 9 heteroatoms. The molecule has 0 fully saturated rings. The van der Waals surface area contributed by atoms with E-state index in [2.05, 4.69) is 31.7 Å². The maximum Gasteiger partial charge on any atom is 0.251 e. The first kappa shape index (κ1) is 23.5. The standard InChI is InChI=1S/C24H22BrCl2N5O/c1-15-10-16(12-17(26)11-15)24(33)29-9-5-4-8-28-22-13-21(18-6-2-3-7-20(18)27)31-23-19(25)14-30-32(22)23/h2-3,6-7,10-14,28H,4-5,8-9H2,1H3,(H,29,33). The second kappa shape index (κ2) is 10.5. The van der Waals surface area contributed by atoms with Crippen molar-refractivity contribution < 1.29 is 4.79 Å². The number of benzene rings is 2. The third kappa shape index (κ3) is 5.66. The molecule has 2 aromatic heterocycles. The average Bonchev–Trinajstić information content (AvgIpc) is 3.16. The summed E-state index contributed by atoms with van der Waals surface area (Å²) in [5, 5.41) is 12.0. The minimum Gasteiger partial charge on any atom is -0.370 e. The normalized spacial score (nSPS) is 11.0. The molecule has 0 radical (unpaired) electrons. The van der Waals surface area contributed by atoms with E-state index in [4.69, 9.17) is 28.2 Å². The maximum atomic E-state index is 12.3. The van der Waals surface area contributed by atoms with Crippen LogP contribution in [0, 0.1) is 6.92 Å². The number of carbonyl (C=O) groups is 1. The Kier molecular flexibility index (Phi) is 7.53. The van der Waals surface area contributed by atoms with Crippen LogP contribution in [0.15, 0.2) is 59.2 Å². The monoisotopic (exact) mass is 545 g/mol. The molecule has 170 valence electrons. The van der Waals surface area contributed by atoms with E-state index in [0.717, 1.165) is 40.0 Å². The lowest BCUT2D eigenvalue weighted by molar-refractivity contribution is 0.0953. The van der Waals surface area contributed by atoms with Crippen LogP contribution in [0.2, 0.25) is 10.0 Å². The fourth-order valence-corrected chi connectivity index (χ4v) is 4.38. The molecule has 0 aliphatic rings. The molecule has 0 bridgehead atoms. The van der Waals surface area contributed by atoms with Gasteiger partial charge in [0.15, 0.2) is 5.65 Å². The number of carbonyl (C=O) groups excluding carboxylic acids is 1. The van der Waals surface area contributed by atoms with E-state index in [1.54, 1.807) is 16.8 Å². The third-order valence-corrected chi connectivity index (χ3v) is 6.19. The Morgan fingerprint density at radius 3 is 2.67 bits per heavy atom. The van der Waals surface area contributed by atoms with Crippen molar-refractivity contribution in [2.45, 2.75) is 19.8 Å². The number of aryl methyl sites for hydroxylation is 1. The fourth-order valence-electron chi connectivity index (χ4n) is 3.51. The van der Waals surface area contributed by atoms with Gasteiger partial charge in [0.2, 0.25) is 0 Å². The van der Waals surface area contributed by atoms with Crippen LogP contribution in [-0.4, -0.2) is 33.6 Å². The average molecular weight is 547 g/mol. The minimum absolute atomic E-state index is 0.116. The first-order chi connectivity index (χ1) is 15.9. The first-order valence-electron chi connectivity index (χ1n) is 10.5. The quantitative estimate of drug-likeness (QED) is 0.251. The molecule has 6 nitrogen and oxygen atoms in total. The molecule has 1 amide bonds. The lowest BCUT2D eigenvalue weighted by Crippen LogP contribution is -2.25.